The summed E-state index contributed by atoms with van der Waals surface area (Å²) in [7, 11) is 0. The molecule has 0 radical (unpaired) electrons. The number of thiophene rings is 2. The van der Waals surface area contributed by atoms with Gasteiger partial charge in [-0.25, -0.2) is 9.21 Å². The van der Waals surface area contributed by atoms with Crippen molar-refractivity contribution in [2.24, 2.45) is 0 Å². The van der Waals surface area contributed by atoms with Crippen LogP contribution in [0.25, 0.3) is 21.3 Å². The summed E-state index contributed by atoms with van der Waals surface area (Å²) in [5, 5.41) is 13.1. The van der Waals surface area contributed by atoms with Crippen LogP contribution in [0.5, 0.6) is 0 Å². The molecule has 3 aromatic heterocycles. The Morgan fingerprint density at radius 1 is 1.00 bits per heavy atom. The lowest BCUT2D eigenvalue weighted by atomic mass is 10.2. The minimum Gasteiger partial charge on any atom is -0.478 e. The first kappa shape index (κ1) is 12.1. The molecule has 3 rings (SSSR count). The first-order valence-electron chi connectivity index (χ1n) is 5.53. The van der Waals surface area contributed by atoms with Crippen molar-refractivity contribution in [1.29, 1.82) is 0 Å². The van der Waals surface area contributed by atoms with E-state index >= 15 is 0 Å². The number of aromatic carboxylic acids is 1. The van der Waals surface area contributed by atoms with Gasteiger partial charge in [0.1, 0.15) is 9.75 Å². The monoisotopic (exact) mass is 289 g/mol. The molecule has 0 unspecified atom stereocenters. The zero-order chi connectivity index (χ0) is 13.2. The fourth-order valence-electron chi connectivity index (χ4n) is 1.71. The van der Waals surface area contributed by atoms with E-state index in [9.17, 15) is 9.90 Å². The molecule has 0 bridgehead atoms. The Labute approximate surface area is 117 Å². The van der Waals surface area contributed by atoms with Crippen molar-refractivity contribution in [3.8, 4) is 21.3 Å². The van der Waals surface area contributed by atoms with E-state index < -0.39 is 5.97 Å². The van der Waals surface area contributed by atoms with Crippen molar-refractivity contribution in [2.75, 3.05) is 0 Å². The molecule has 0 atom stereocenters. The van der Waals surface area contributed by atoms with E-state index in [4.69, 9.17) is 4.42 Å². The minimum absolute atomic E-state index is 0.234. The topological polar surface area (TPSA) is 48.6 Å². The predicted molar refractivity (Wildman–Crippen MR) is 76.7 cm³/mol. The van der Waals surface area contributed by atoms with Crippen molar-refractivity contribution in [2.45, 2.75) is 0 Å². The summed E-state index contributed by atoms with van der Waals surface area (Å²) in [4.78, 5) is 13.0. The first-order valence-corrected chi connectivity index (χ1v) is 7.29. The summed E-state index contributed by atoms with van der Waals surface area (Å²) in [6, 6.07) is 10.8. The Morgan fingerprint density at radius 3 is 1.89 bits per heavy atom. The van der Waals surface area contributed by atoms with Crippen molar-refractivity contribution in [3.05, 3.63) is 52.7 Å². The van der Waals surface area contributed by atoms with Crippen molar-refractivity contribution >= 4 is 28.6 Å². The number of hydrogen-bond donors (Lipinski definition) is 1. The van der Waals surface area contributed by atoms with E-state index in [0.717, 1.165) is 9.75 Å². The van der Waals surface area contributed by atoms with Crippen molar-refractivity contribution in [3.63, 3.8) is 0 Å². The molecule has 0 saturated heterocycles. The van der Waals surface area contributed by atoms with Crippen LogP contribution in [-0.2, 0) is 0 Å². The van der Waals surface area contributed by atoms with Gasteiger partial charge in [-0.1, -0.05) is 12.1 Å². The number of carbonyl (C=O) groups is 1. The van der Waals surface area contributed by atoms with Crippen LogP contribution in [-0.4, -0.2) is 11.1 Å². The largest absolute Gasteiger partial charge is 0.478 e. The van der Waals surface area contributed by atoms with Crippen LogP contribution in [0.1, 0.15) is 10.4 Å². The molecule has 0 aliphatic rings. The van der Waals surface area contributed by atoms with Gasteiger partial charge in [0.15, 0.2) is 0 Å². The van der Waals surface area contributed by atoms with Gasteiger partial charge in [0.2, 0.25) is 0 Å². The molecule has 0 aromatic carbocycles. The average molecular weight is 289 g/mol. The maximum Gasteiger partial charge on any atom is 0.371 e. The zero-order valence-corrected chi connectivity index (χ0v) is 11.3. The number of carboxylic acid groups (broad SMARTS) is 1. The summed E-state index contributed by atoms with van der Waals surface area (Å²) in [6.45, 7) is 0. The molecule has 0 saturated carbocycles. The summed E-state index contributed by atoms with van der Waals surface area (Å²) < 4.78 is 5.81. The Bertz CT molecular complexity index is 648. The van der Waals surface area contributed by atoms with Crippen LogP contribution < -0.4 is 0 Å². The fourth-order valence-corrected chi connectivity index (χ4v) is 3.06. The SMILES string of the molecule is O=C(O)c1cc(-c2cccs2)[o+]c(-c2cccs2)c1. The standard InChI is InChI=1S/C14H8O3S2/c15-14(16)9-7-10(12-3-1-5-18-12)17-11(8-9)13-4-2-6-19-13/h1-8H/p+1. The Morgan fingerprint density at radius 2 is 1.53 bits per heavy atom. The second-order valence-corrected chi connectivity index (χ2v) is 5.73. The van der Waals surface area contributed by atoms with Gasteiger partial charge >= 0.3 is 17.5 Å². The second-order valence-electron chi connectivity index (χ2n) is 3.83. The van der Waals surface area contributed by atoms with Crippen LogP contribution in [0.2, 0.25) is 0 Å². The Balaban J connectivity index is 2.18. The normalized spacial score (nSPS) is 10.5. The lowest BCUT2D eigenvalue weighted by Crippen LogP contribution is -1.96. The molecule has 0 aliphatic carbocycles. The van der Waals surface area contributed by atoms with Gasteiger partial charge in [0.25, 0.3) is 0 Å². The molecule has 0 fully saturated rings. The molecule has 3 aromatic rings. The van der Waals surface area contributed by atoms with Gasteiger partial charge in [0.05, 0.1) is 17.7 Å². The van der Waals surface area contributed by atoms with Crippen LogP contribution in [0, 0.1) is 0 Å². The van der Waals surface area contributed by atoms with Gasteiger partial charge in [-0.3, -0.25) is 0 Å². The highest BCUT2D eigenvalue weighted by atomic mass is 32.1. The first-order chi connectivity index (χ1) is 9.24. The smallest absolute Gasteiger partial charge is 0.371 e. The summed E-state index contributed by atoms with van der Waals surface area (Å²) in [5.74, 6) is 0.211. The molecule has 0 aliphatic heterocycles. The molecule has 19 heavy (non-hydrogen) atoms. The highest BCUT2D eigenvalue weighted by Gasteiger charge is 2.23. The van der Waals surface area contributed by atoms with Crippen LogP contribution in [0.15, 0.2) is 51.6 Å². The quantitative estimate of drug-likeness (QED) is 0.710. The van der Waals surface area contributed by atoms with Gasteiger partial charge in [-0.05, 0) is 22.9 Å². The molecule has 1 N–H and O–H groups in total. The van der Waals surface area contributed by atoms with Gasteiger partial charge in [0, 0.05) is 0 Å². The van der Waals surface area contributed by atoms with Gasteiger partial charge in [-0.2, -0.15) is 0 Å². The second kappa shape index (κ2) is 4.95. The summed E-state index contributed by atoms with van der Waals surface area (Å²) in [5.41, 5.74) is 0.234. The van der Waals surface area contributed by atoms with Crippen LogP contribution in [0.4, 0.5) is 0 Å². The summed E-state index contributed by atoms with van der Waals surface area (Å²) in [6.07, 6.45) is 0. The van der Waals surface area contributed by atoms with Gasteiger partial charge < -0.3 is 5.11 Å². The average Bonchev–Trinajstić information content (AvgIpc) is 3.11. The summed E-state index contributed by atoms with van der Waals surface area (Å²) >= 11 is 3.04. The molecule has 0 amide bonds. The fraction of sp³-hybridized carbons (Fsp3) is 0. The third kappa shape index (κ3) is 2.43. The van der Waals surface area contributed by atoms with E-state index in [1.165, 1.54) is 22.7 Å². The van der Waals surface area contributed by atoms with E-state index in [1.807, 2.05) is 35.0 Å². The number of rotatable bonds is 3. The molecule has 94 valence electrons. The van der Waals surface area contributed by atoms with Crippen molar-refractivity contribution in [1.82, 2.24) is 0 Å². The Hall–Kier alpha value is -1.98. The van der Waals surface area contributed by atoms with Crippen LogP contribution >= 0.6 is 22.7 Å². The molecule has 0 spiro atoms. The molecular formula is C14H9O3S2+. The zero-order valence-electron chi connectivity index (χ0n) is 9.70. The maximum absolute atomic E-state index is 11.2. The third-order valence-corrected chi connectivity index (χ3v) is 4.34. The van der Waals surface area contributed by atoms with E-state index in [-0.39, 0.29) is 5.56 Å². The lowest BCUT2D eigenvalue weighted by Gasteiger charge is -1.93. The van der Waals surface area contributed by atoms with Gasteiger partial charge in [-0.15, -0.1) is 22.7 Å². The minimum atomic E-state index is -0.952. The van der Waals surface area contributed by atoms with E-state index in [1.54, 1.807) is 12.1 Å². The highest BCUT2D eigenvalue weighted by Crippen LogP contribution is 2.32. The maximum atomic E-state index is 11.2. The lowest BCUT2D eigenvalue weighted by molar-refractivity contribution is 0.0696. The highest BCUT2D eigenvalue weighted by molar-refractivity contribution is 7.13. The number of carboxylic acids is 1. The predicted octanol–water partition coefficient (Wildman–Crippen LogP) is 4.72. The van der Waals surface area contributed by atoms with E-state index in [0.29, 0.717) is 11.5 Å². The molecule has 3 heterocycles. The molecule has 5 heteroatoms. The molecular weight excluding hydrogens is 280 g/mol. The van der Waals surface area contributed by atoms with Crippen molar-refractivity contribution < 1.29 is 14.3 Å². The Kier molecular flexibility index (Phi) is 3.15. The van der Waals surface area contributed by atoms with E-state index in [2.05, 4.69) is 0 Å². The van der Waals surface area contributed by atoms with Crippen LogP contribution in [0.3, 0.4) is 0 Å². The molecule has 3 nitrogen and oxygen atoms in total. The third-order valence-electron chi connectivity index (χ3n) is 2.57. The number of hydrogen-bond acceptors (Lipinski definition) is 3.